The quantitative estimate of drug-likeness (QED) is 0.305. The van der Waals surface area contributed by atoms with Gasteiger partial charge in [0.15, 0.2) is 0 Å². The summed E-state index contributed by atoms with van der Waals surface area (Å²) in [5.41, 5.74) is 0.918. The van der Waals surface area contributed by atoms with E-state index in [1.165, 1.54) is 29.8 Å². The van der Waals surface area contributed by atoms with Gasteiger partial charge in [-0.1, -0.05) is 17.7 Å². The van der Waals surface area contributed by atoms with Gasteiger partial charge in [-0.15, -0.1) is 6.58 Å². The van der Waals surface area contributed by atoms with E-state index in [0.29, 0.717) is 0 Å². The molecule has 7 nitrogen and oxygen atoms in total. The van der Waals surface area contributed by atoms with E-state index in [1.807, 2.05) is 13.8 Å². The van der Waals surface area contributed by atoms with Crippen molar-refractivity contribution >= 4 is 11.9 Å². The third-order valence-corrected chi connectivity index (χ3v) is 2.33. The van der Waals surface area contributed by atoms with Crippen molar-refractivity contribution in [3.63, 3.8) is 0 Å². The summed E-state index contributed by atoms with van der Waals surface area (Å²) >= 11 is 0. The summed E-state index contributed by atoms with van der Waals surface area (Å²) in [5, 5.41) is 26.4. The summed E-state index contributed by atoms with van der Waals surface area (Å²) in [6, 6.07) is 5.62. The van der Waals surface area contributed by atoms with Crippen LogP contribution in [-0.2, 0) is 9.62 Å². The maximum Gasteiger partial charge on any atom is 0.339 e. The van der Waals surface area contributed by atoms with Crippen LogP contribution in [0.25, 0.3) is 0 Å². The molecule has 128 valence electrons. The Hall–Kier alpha value is -2.22. The number of carboxylic acids is 1. The minimum Gasteiger partial charge on any atom is -0.478 e. The Morgan fingerprint density at radius 2 is 1.74 bits per heavy atom. The van der Waals surface area contributed by atoms with Crippen LogP contribution in [0, 0.1) is 0 Å². The SMILES string of the molecule is C=C(C)C.O=C(O)c1ccccc1C(=O)OCC(O)CCOO. The van der Waals surface area contributed by atoms with E-state index in [2.05, 4.69) is 11.5 Å². The Kier molecular flexibility index (Phi) is 10.3. The molecule has 0 saturated carbocycles. The van der Waals surface area contributed by atoms with Crippen molar-refractivity contribution in [2.24, 2.45) is 0 Å². The van der Waals surface area contributed by atoms with Crippen LogP contribution in [0.3, 0.4) is 0 Å². The Balaban J connectivity index is 0.00000108. The molecule has 0 aliphatic rings. The number of benzene rings is 1. The van der Waals surface area contributed by atoms with Gasteiger partial charge >= 0.3 is 11.9 Å². The van der Waals surface area contributed by atoms with Crippen molar-refractivity contribution in [2.75, 3.05) is 13.2 Å². The Labute approximate surface area is 134 Å². The van der Waals surface area contributed by atoms with Crippen LogP contribution in [0.5, 0.6) is 0 Å². The number of rotatable bonds is 7. The molecule has 0 radical (unpaired) electrons. The largest absolute Gasteiger partial charge is 0.478 e. The molecule has 3 N–H and O–H groups in total. The van der Waals surface area contributed by atoms with Gasteiger partial charge in [-0.3, -0.25) is 5.26 Å². The first kappa shape index (κ1) is 20.8. The number of carbonyl (C=O) groups excluding carboxylic acids is 1. The van der Waals surface area contributed by atoms with E-state index in [1.54, 1.807) is 0 Å². The molecule has 0 aromatic heterocycles. The first-order valence-electron chi connectivity index (χ1n) is 6.85. The normalized spacial score (nSPS) is 11.0. The molecule has 1 aromatic carbocycles. The molecule has 7 heteroatoms. The molecule has 0 saturated heterocycles. The predicted octanol–water partition coefficient (Wildman–Crippen LogP) is 2.36. The Morgan fingerprint density at radius 1 is 1.22 bits per heavy atom. The molecule has 0 aliphatic carbocycles. The van der Waals surface area contributed by atoms with E-state index in [9.17, 15) is 14.7 Å². The van der Waals surface area contributed by atoms with Crippen LogP contribution >= 0.6 is 0 Å². The minimum absolute atomic E-state index is 0.0828. The topological polar surface area (TPSA) is 113 Å². The van der Waals surface area contributed by atoms with E-state index in [-0.39, 0.29) is 30.8 Å². The lowest BCUT2D eigenvalue weighted by Crippen LogP contribution is -2.21. The van der Waals surface area contributed by atoms with Gasteiger partial charge in [-0.2, -0.15) is 0 Å². The molecule has 0 aliphatic heterocycles. The average molecular weight is 326 g/mol. The Bertz CT molecular complexity index is 521. The first-order chi connectivity index (χ1) is 10.8. The molecule has 0 amide bonds. The van der Waals surface area contributed by atoms with Crippen LogP contribution in [-0.4, -0.2) is 46.7 Å². The van der Waals surface area contributed by atoms with Crippen LogP contribution in [0.15, 0.2) is 36.4 Å². The second-order valence-corrected chi connectivity index (χ2v) is 4.93. The number of ether oxygens (including phenoxy) is 1. The zero-order valence-electron chi connectivity index (χ0n) is 13.2. The number of aliphatic hydroxyl groups excluding tert-OH is 1. The van der Waals surface area contributed by atoms with E-state index < -0.39 is 18.0 Å². The van der Waals surface area contributed by atoms with Gasteiger partial charge in [0.05, 0.1) is 23.8 Å². The molecule has 0 bridgehead atoms. The molecule has 0 heterocycles. The second kappa shape index (κ2) is 11.4. The highest BCUT2D eigenvalue weighted by Gasteiger charge is 2.18. The summed E-state index contributed by atoms with van der Waals surface area (Å²) in [6.45, 7) is 7.10. The second-order valence-electron chi connectivity index (χ2n) is 4.93. The number of carboxylic acid groups (broad SMARTS) is 1. The number of allylic oxidation sites excluding steroid dienone is 1. The molecule has 1 aromatic rings. The number of esters is 1. The maximum absolute atomic E-state index is 11.7. The van der Waals surface area contributed by atoms with E-state index in [0.717, 1.165) is 0 Å². The summed E-state index contributed by atoms with van der Waals surface area (Å²) in [5.74, 6) is -2.07. The van der Waals surface area contributed by atoms with Gasteiger partial charge in [0, 0.05) is 6.42 Å². The third kappa shape index (κ3) is 9.41. The van der Waals surface area contributed by atoms with Crippen molar-refractivity contribution < 1.29 is 34.7 Å². The maximum atomic E-state index is 11.7. The number of hydrogen-bond acceptors (Lipinski definition) is 6. The van der Waals surface area contributed by atoms with Crippen molar-refractivity contribution in [1.29, 1.82) is 0 Å². The molecule has 0 fully saturated rings. The molecular formula is C16H22O7. The molecule has 23 heavy (non-hydrogen) atoms. The monoisotopic (exact) mass is 326 g/mol. The van der Waals surface area contributed by atoms with Gasteiger partial charge in [-0.05, 0) is 26.0 Å². The smallest absolute Gasteiger partial charge is 0.339 e. The van der Waals surface area contributed by atoms with Crippen LogP contribution in [0.2, 0.25) is 0 Å². The minimum atomic E-state index is -1.23. The van der Waals surface area contributed by atoms with Crippen LogP contribution in [0.4, 0.5) is 0 Å². The zero-order valence-corrected chi connectivity index (χ0v) is 13.2. The highest BCUT2D eigenvalue weighted by atomic mass is 17.1. The lowest BCUT2D eigenvalue weighted by Gasteiger charge is -2.11. The molecular weight excluding hydrogens is 304 g/mol. The number of aromatic carboxylic acids is 1. The van der Waals surface area contributed by atoms with Gasteiger partial charge in [-0.25, -0.2) is 14.5 Å². The highest BCUT2D eigenvalue weighted by Crippen LogP contribution is 2.10. The van der Waals surface area contributed by atoms with Crippen LogP contribution in [0.1, 0.15) is 41.0 Å². The number of carbonyl (C=O) groups is 2. The lowest BCUT2D eigenvalue weighted by atomic mass is 10.1. The van der Waals surface area contributed by atoms with Crippen LogP contribution < -0.4 is 0 Å². The third-order valence-electron chi connectivity index (χ3n) is 2.33. The zero-order chi connectivity index (χ0) is 17.8. The summed E-state index contributed by atoms with van der Waals surface area (Å²) < 4.78 is 4.79. The van der Waals surface area contributed by atoms with Crippen molar-refractivity contribution in [2.45, 2.75) is 26.4 Å². The fraction of sp³-hybridized carbons (Fsp3) is 0.375. The standard InChI is InChI=1S/C12H14O7.C4H8/c13-8(5-6-19-17)7-18-12(16)10-4-2-1-3-9(10)11(14)15;1-4(2)3/h1-4,8,13,17H,5-7H2,(H,14,15);1H2,2-3H3. The van der Waals surface area contributed by atoms with Crippen molar-refractivity contribution in [3.8, 4) is 0 Å². The van der Waals surface area contributed by atoms with Crippen molar-refractivity contribution in [3.05, 3.63) is 47.5 Å². The molecule has 1 unspecified atom stereocenters. The average Bonchev–Trinajstić information content (AvgIpc) is 2.49. The van der Waals surface area contributed by atoms with E-state index in [4.69, 9.17) is 15.1 Å². The lowest BCUT2D eigenvalue weighted by molar-refractivity contribution is -0.246. The van der Waals surface area contributed by atoms with Gasteiger partial charge < -0.3 is 14.9 Å². The number of hydrogen-bond donors (Lipinski definition) is 3. The fourth-order valence-electron chi connectivity index (χ4n) is 1.37. The predicted molar refractivity (Wildman–Crippen MR) is 83.4 cm³/mol. The summed E-state index contributed by atoms with van der Waals surface area (Å²) in [7, 11) is 0. The fourth-order valence-corrected chi connectivity index (χ4v) is 1.37. The van der Waals surface area contributed by atoms with Gasteiger partial charge in [0.2, 0.25) is 0 Å². The summed E-state index contributed by atoms with van der Waals surface area (Å²) in [4.78, 5) is 26.4. The van der Waals surface area contributed by atoms with E-state index >= 15 is 0 Å². The molecule has 0 spiro atoms. The van der Waals surface area contributed by atoms with Gasteiger partial charge in [0.25, 0.3) is 0 Å². The molecule has 1 rings (SSSR count). The molecule has 1 atom stereocenters. The summed E-state index contributed by atoms with van der Waals surface area (Å²) in [6.07, 6.45) is -0.905. The highest BCUT2D eigenvalue weighted by molar-refractivity contribution is 6.02. The van der Waals surface area contributed by atoms with Crippen molar-refractivity contribution in [1.82, 2.24) is 0 Å². The Morgan fingerprint density at radius 3 is 2.22 bits per heavy atom. The van der Waals surface area contributed by atoms with Gasteiger partial charge in [0.1, 0.15) is 6.61 Å². The number of aliphatic hydroxyl groups is 1. The first-order valence-corrected chi connectivity index (χ1v) is 6.85.